The molecule has 0 saturated carbocycles. The largest absolute Gasteiger partial charge is 0.296 e. The van der Waals surface area contributed by atoms with E-state index in [1.807, 2.05) is 12.1 Å². The Morgan fingerprint density at radius 1 is 1.04 bits per heavy atom. The number of carbonyl (C=O) groups is 1. The van der Waals surface area contributed by atoms with E-state index in [1.54, 1.807) is 12.1 Å². The van der Waals surface area contributed by atoms with E-state index >= 15 is 0 Å². The molecule has 6 heteroatoms. The molecule has 1 amide bonds. The monoisotopic (exact) mass is 415 g/mol. The predicted molar refractivity (Wildman–Crippen MR) is 106 cm³/mol. The lowest BCUT2D eigenvalue weighted by Crippen LogP contribution is -2.11. The van der Waals surface area contributed by atoms with Gasteiger partial charge in [-0.15, -0.1) is 10.2 Å². The van der Waals surface area contributed by atoms with Crippen LogP contribution in [0.1, 0.15) is 32.6 Å². The second-order valence-corrected chi connectivity index (χ2v) is 7.91. The Balaban J connectivity index is 1.90. The molecule has 0 unspecified atom stereocenters. The third-order valence-electron chi connectivity index (χ3n) is 4.31. The number of hydrogen-bond acceptors (Lipinski definition) is 4. The maximum atomic E-state index is 12.4. The first-order chi connectivity index (χ1) is 11.9. The summed E-state index contributed by atoms with van der Waals surface area (Å²) < 4.78 is 0.861. The smallest absolute Gasteiger partial charge is 0.257 e. The quantitative estimate of drug-likeness (QED) is 0.618. The van der Waals surface area contributed by atoms with E-state index in [0.29, 0.717) is 10.7 Å². The highest BCUT2D eigenvalue weighted by molar-refractivity contribution is 9.10. The minimum atomic E-state index is -0.196. The Labute approximate surface area is 159 Å². The van der Waals surface area contributed by atoms with Crippen LogP contribution in [0.5, 0.6) is 0 Å². The number of carbonyl (C=O) groups excluding carboxylic acids is 1. The van der Waals surface area contributed by atoms with E-state index in [2.05, 4.69) is 65.2 Å². The first-order valence-corrected chi connectivity index (χ1v) is 9.46. The molecule has 0 spiro atoms. The lowest BCUT2D eigenvalue weighted by Gasteiger charge is -2.12. The van der Waals surface area contributed by atoms with Crippen molar-refractivity contribution in [2.45, 2.75) is 27.7 Å². The van der Waals surface area contributed by atoms with Crippen LogP contribution in [-0.4, -0.2) is 16.1 Å². The van der Waals surface area contributed by atoms with E-state index in [4.69, 9.17) is 0 Å². The molecule has 3 aromatic rings. The molecule has 0 bridgehead atoms. The molecule has 1 N–H and O–H groups in total. The average molecular weight is 416 g/mol. The number of amides is 1. The SMILES string of the molecule is Cc1cc(C)c(C)c(-c2nnc(NC(=O)c3cccc(Br)c3)s2)c1C. The average Bonchev–Trinajstić information content (AvgIpc) is 3.01. The number of hydrogen-bond donors (Lipinski definition) is 1. The fourth-order valence-corrected chi connectivity index (χ4v) is 4.01. The normalized spacial score (nSPS) is 10.8. The number of aromatic nitrogens is 2. The van der Waals surface area contributed by atoms with Gasteiger partial charge in [0.25, 0.3) is 5.91 Å². The zero-order valence-corrected chi connectivity index (χ0v) is 16.9. The number of anilines is 1. The van der Waals surface area contributed by atoms with Crippen LogP contribution in [0.4, 0.5) is 5.13 Å². The molecular formula is C19H18BrN3OS. The summed E-state index contributed by atoms with van der Waals surface area (Å²) in [6.07, 6.45) is 0. The second kappa shape index (κ2) is 7.06. The summed E-state index contributed by atoms with van der Waals surface area (Å²) in [5.41, 5.74) is 6.54. The lowest BCUT2D eigenvalue weighted by molar-refractivity contribution is 0.102. The molecule has 0 aliphatic heterocycles. The van der Waals surface area contributed by atoms with E-state index in [0.717, 1.165) is 15.0 Å². The van der Waals surface area contributed by atoms with Crippen molar-refractivity contribution in [1.29, 1.82) is 0 Å². The Morgan fingerprint density at radius 2 is 1.72 bits per heavy atom. The van der Waals surface area contributed by atoms with Gasteiger partial charge in [0.2, 0.25) is 5.13 Å². The molecule has 0 saturated heterocycles. The molecule has 0 aliphatic rings. The van der Waals surface area contributed by atoms with Gasteiger partial charge in [-0.2, -0.15) is 0 Å². The van der Waals surface area contributed by atoms with Gasteiger partial charge in [0.05, 0.1) is 0 Å². The first-order valence-electron chi connectivity index (χ1n) is 7.85. The molecule has 1 heterocycles. The van der Waals surface area contributed by atoms with Gasteiger partial charge in [-0.25, -0.2) is 0 Å². The van der Waals surface area contributed by atoms with E-state index in [1.165, 1.54) is 33.6 Å². The summed E-state index contributed by atoms with van der Waals surface area (Å²) in [6, 6.07) is 9.43. The van der Waals surface area contributed by atoms with Crippen LogP contribution >= 0.6 is 27.3 Å². The third-order valence-corrected chi connectivity index (χ3v) is 5.66. The highest BCUT2D eigenvalue weighted by atomic mass is 79.9. The van der Waals surface area contributed by atoms with Crippen LogP contribution in [0.15, 0.2) is 34.8 Å². The Hall–Kier alpha value is -2.05. The fraction of sp³-hybridized carbons (Fsp3) is 0.211. The van der Waals surface area contributed by atoms with Gasteiger partial charge in [0.15, 0.2) is 0 Å². The van der Waals surface area contributed by atoms with Gasteiger partial charge in [-0.1, -0.05) is 39.4 Å². The number of nitrogens with zero attached hydrogens (tertiary/aromatic N) is 2. The minimum Gasteiger partial charge on any atom is -0.296 e. The third kappa shape index (κ3) is 3.65. The van der Waals surface area contributed by atoms with Crippen LogP contribution < -0.4 is 5.32 Å². The number of nitrogens with one attached hydrogen (secondary N) is 1. The topological polar surface area (TPSA) is 54.9 Å². The van der Waals surface area contributed by atoms with Crippen LogP contribution in [0, 0.1) is 27.7 Å². The van der Waals surface area contributed by atoms with Crippen LogP contribution in [0.2, 0.25) is 0 Å². The lowest BCUT2D eigenvalue weighted by atomic mass is 9.95. The van der Waals surface area contributed by atoms with Crippen molar-refractivity contribution >= 4 is 38.3 Å². The van der Waals surface area contributed by atoms with E-state index in [9.17, 15) is 4.79 Å². The van der Waals surface area contributed by atoms with Crippen molar-refractivity contribution in [3.8, 4) is 10.6 Å². The van der Waals surface area contributed by atoms with Crippen molar-refractivity contribution in [3.05, 3.63) is 62.6 Å². The van der Waals surface area contributed by atoms with Gasteiger partial charge in [-0.05, 0) is 68.1 Å². The molecule has 128 valence electrons. The molecule has 0 radical (unpaired) electrons. The summed E-state index contributed by atoms with van der Waals surface area (Å²) in [4.78, 5) is 12.4. The molecule has 25 heavy (non-hydrogen) atoms. The minimum absolute atomic E-state index is 0.196. The van der Waals surface area contributed by atoms with Gasteiger partial charge >= 0.3 is 0 Å². The van der Waals surface area contributed by atoms with Crippen LogP contribution in [0.25, 0.3) is 10.6 Å². The van der Waals surface area contributed by atoms with Crippen LogP contribution in [0.3, 0.4) is 0 Å². The first kappa shape index (κ1) is 17.8. The second-order valence-electron chi connectivity index (χ2n) is 6.01. The molecule has 3 rings (SSSR count). The summed E-state index contributed by atoms with van der Waals surface area (Å²) in [7, 11) is 0. The maximum absolute atomic E-state index is 12.4. The highest BCUT2D eigenvalue weighted by Crippen LogP contribution is 2.34. The molecule has 2 aromatic carbocycles. The van der Waals surface area contributed by atoms with Crippen molar-refractivity contribution in [2.75, 3.05) is 5.32 Å². The van der Waals surface area contributed by atoms with Crippen molar-refractivity contribution in [3.63, 3.8) is 0 Å². The number of benzene rings is 2. The molecular weight excluding hydrogens is 398 g/mol. The van der Waals surface area contributed by atoms with Crippen molar-refractivity contribution < 1.29 is 4.79 Å². The number of halogens is 1. The zero-order valence-electron chi connectivity index (χ0n) is 14.5. The zero-order chi connectivity index (χ0) is 18.1. The van der Waals surface area contributed by atoms with Crippen LogP contribution in [-0.2, 0) is 0 Å². The molecule has 0 aliphatic carbocycles. The van der Waals surface area contributed by atoms with E-state index in [-0.39, 0.29) is 5.91 Å². The van der Waals surface area contributed by atoms with Crippen molar-refractivity contribution in [1.82, 2.24) is 10.2 Å². The standard InChI is InChI=1S/C19H18BrN3OS/c1-10-8-11(2)13(4)16(12(10)3)18-22-23-19(25-18)21-17(24)14-6-5-7-15(20)9-14/h5-9H,1-4H3,(H,21,23,24). The summed E-state index contributed by atoms with van der Waals surface area (Å²) in [6.45, 7) is 8.39. The summed E-state index contributed by atoms with van der Waals surface area (Å²) in [5, 5.41) is 12.6. The Kier molecular flexibility index (Phi) is 5.01. The molecule has 0 atom stereocenters. The highest BCUT2D eigenvalue weighted by Gasteiger charge is 2.16. The number of rotatable bonds is 3. The summed E-state index contributed by atoms with van der Waals surface area (Å²) in [5.74, 6) is -0.196. The van der Waals surface area contributed by atoms with Gasteiger partial charge in [-0.3, -0.25) is 10.1 Å². The molecule has 1 aromatic heterocycles. The Bertz CT molecular complexity index is 939. The maximum Gasteiger partial charge on any atom is 0.257 e. The summed E-state index contributed by atoms with van der Waals surface area (Å²) >= 11 is 4.77. The van der Waals surface area contributed by atoms with Gasteiger partial charge < -0.3 is 0 Å². The predicted octanol–water partition coefficient (Wildman–Crippen LogP) is 5.45. The number of aryl methyl sites for hydroxylation is 2. The van der Waals surface area contributed by atoms with E-state index < -0.39 is 0 Å². The Morgan fingerprint density at radius 3 is 2.36 bits per heavy atom. The van der Waals surface area contributed by atoms with Gasteiger partial charge in [0.1, 0.15) is 5.01 Å². The fourth-order valence-electron chi connectivity index (χ4n) is 2.71. The molecule has 0 fully saturated rings. The molecule has 4 nitrogen and oxygen atoms in total. The van der Waals surface area contributed by atoms with Gasteiger partial charge in [0, 0.05) is 15.6 Å². The van der Waals surface area contributed by atoms with Crippen molar-refractivity contribution in [2.24, 2.45) is 0 Å².